The van der Waals surface area contributed by atoms with E-state index in [9.17, 15) is 9.59 Å². The molecule has 0 spiro atoms. The zero-order chi connectivity index (χ0) is 18.4. The summed E-state index contributed by atoms with van der Waals surface area (Å²) in [5.41, 5.74) is 4.58. The molecule has 1 amide bonds. The summed E-state index contributed by atoms with van der Waals surface area (Å²) >= 11 is 0. The molecule has 0 aliphatic carbocycles. The number of fused-ring (bicyclic) bond motifs is 1. The molecule has 0 bridgehead atoms. The van der Waals surface area contributed by atoms with Crippen molar-refractivity contribution in [3.05, 3.63) is 66.1 Å². The molecule has 0 aliphatic rings. The van der Waals surface area contributed by atoms with Crippen LogP contribution >= 0.6 is 0 Å². The number of nitrogens with zero attached hydrogens (tertiary/aromatic N) is 3. The average molecular weight is 350 g/mol. The van der Waals surface area contributed by atoms with E-state index in [2.05, 4.69) is 15.5 Å². The van der Waals surface area contributed by atoms with Gasteiger partial charge in [-0.25, -0.2) is 5.43 Å². The Bertz CT molecular complexity index is 948. The second-order valence-electron chi connectivity index (χ2n) is 5.48. The molecule has 132 valence electrons. The zero-order valence-electron chi connectivity index (χ0n) is 14.3. The van der Waals surface area contributed by atoms with Gasteiger partial charge in [0.2, 0.25) is 0 Å². The number of nitrogens with one attached hydrogen (secondary N) is 1. The molecule has 3 rings (SSSR count). The van der Waals surface area contributed by atoms with Gasteiger partial charge in [0.1, 0.15) is 6.54 Å². The quantitative estimate of drug-likeness (QED) is 0.420. The van der Waals surface area contributed by atoms with Crippen LogP contribution in [0.3, 0.4) is 0 Å². The lowest BCUT2D eigenvalue weighted by Gasteiger charge is -2.04. The number of rotatable bonds is 6. The molecular weight excluding hydrogens is 332 g/mol. The maximum Gasteiger partial charge on any atom is 0.325 e. The fourth-order valence-electron chi connectivity index (χ4n) is 2.58. The molecule has 7 heteroatoms. The summed E-state index contributed by atoms with van der Waals surface area (Å²) in [4.78, 5) is 27.7. The van der Waals surface area contributed by atoms with Crippen molar-refractivity contribution in [3.63, 3.8) is 0 Å². The van der Waals surface area contributed by atoms with Crippen molar-refractivity contribution >= 4 is 29.0 Å². The Morgan fingerprint density at radius 2 is 2.12 bits per heavy atom. The third kappa shape index (κ3) is 3.94. The summed E-state index contributed by atoms with van der Waals surface area (Å²) in [6.07, 6.45) is 6.42. The zero-order valence-corrected chi connectivity index (χ0v) is 14.3. The predicted octanol–water partition coefficient (Wildman–Crippen LogP) is 2.36. The van der Waals surface area contributed by atoms with Gasteiger partial charge in [-0.3, -0.25) is 14.6 Å². The smallest absolute Gasteiger partial charge is 0.325 e. The van der Waals surface area contributed by atoms with Gasteiger partial charge >= 0.3 is 5.97 Å². The molecule has 0 radical (unpaired) electrons. The number of amides is 1. The van der Waals surface area contributed by atoms with Crippen molar-refractivity contribution in [1.82, 2.24) is 15.0 Å². The van der Waals surface area contributed by atoms with Gasteiger partial charge in [-0.05, 0) is 25.1 Å². The minimum absolute atomic E-state index is 0.115. The standard InChI is InChI=1S/C19H18N4O3/c1-2-26-18(24)13-23-12-15(16-7-3-4-8-17(16)23)11-21-22-19(25)14-6-5-9-20-10-14/h3-12H,2,13H2,1H3,(H,22,25)/b21-11-. The molecule has 2 aromatic heterocycles. The average Bonchev–Trinajstić information content (AvgIpc) is 3.00. The third-order valence-corrected chi connectivity index (χ3v) is 3.72. The second kappa shape index (κ2) is 8.06. The van der Waals surface area contributed by atoms with Crippen molar-refractivity contribution < 1.29 is 14.3 Å². The van der Waals surface area contributed by atoms with E-state index in [0.29, 0.717) is 12.2 Å². The summed E-state index contributed by atoms with van der Waals surface area (Å²) < 4.78 is 6.81. The molecular formula is C19H18N4O3. The van der Waals surface area contributed by atoms with Crippen LogP contribution < -0.4 is 5.43 Å². The molecule has 2 heterocycles. The fraction of sp³-hybridized carbons (Fsp3) is 0.158. The number of aromatic nitrogens is 2. The van der Waals surface area contributed by atoms with Gasteiger partial charge in [0, 0.05) is 35.1 Å². The maximum atomic E-state index is 12.0. The minimum Gasteiger partial charge on any atom is -0.465 e. The lowest BCUT2D eigenvalue weighted by Crippen LogP contribution is -2.17. The van der Waals surface area contributed by atoms with Crippen LogP contribution in [0.1, 0.15) is 22.8 Å². The van der Waals surface area contributed by atoms with E-state index in [4.69, 9.17) is 4.74 Å². The number of hydrazone groups is 1. The van der Waals surface area contributed by atoms with Gasteiger partial charge in [-0.2, -0.15) is 5.10 Å². The molecule has 0 fully saturated rings. The molecule has 1 N–H and O–H groups in total. The van der Waals surface area contributed by atoms with E-state index >= 15 is 0 Å². The number of ether oxygens (including phenoxy) is 1. The lowest BCUT2D eigenvalue weighted by molar-refractivity contribution is -0.143. The highest BCUT2D eigenvalue weighted by atomic mass is 16.5. The van der Waals surface area contributed by atoms with Crippen molar-refractivity contribution in [2.75, 3.05) is 6.61 Å². The highest BCUT2D eigenvalue weighted by Gasteiger charge is 2.10. The van der Waals surface area contributed by atoms with Crippen LogP contribution in [0.2, 0.25) is 0 Å². The number of hydrogen-bond acceptors (Lipinski definition) is 5. The monoisotopic (exact) mass is 350 g/mol. The Hall–Kier alpha value is -3.48. The van der Waals surface area contributed by atoms with Crippen LogP contribution in [0.4, 0.5) is 0 Å². The van der Waals surface area contributed by atoms with Gasteiger partial charge in [0.05, 0.1) is 18.4 Å². The first kappa shape index (κ1) is 17.3. The summed E-state index contributed by atoms with van der Waals surface area (Å²) in [5.74, 6) is -0.647. The highest BCUT2D eigenvalue weighted by Crippen LogP contribution is 2.20. The molecule has 0 aliphatic heterocycles. The highest BCUT2D eigenvalue weighted by molar-refractivity contribution is 6.00. The van der Waals surface area contributed by atoms with Crippen LogP contribution in [-0.4, -0.2) is 34.2 Å². The van der Waals surface area contributed by atoms with Crippen LogP contribution in [0.5, 0.6) is 0 Å². The van der Waals surface area contributed by atoms with Gasteiger partial charge in [-0.1, -0.05) is 18.2 Å². The number of benzene rings is 1. The first-order chi connectivity index (χ1) is 12.7. The predicted molar refractivity (Wildman–Crippen MR) is 97.9 cm³/mol. The van der Waals surface area contributed by atoms with Crippen LogP contribution in [0.15, 0.2) is 60.1 Å². The molecule has 0 unspecified atom stereocenters. The van der Waals surface area contributed by atoms with Crippen molar-refractivity contribution in [3.8, 4) is 0 Å². The van der Waals surface area contributed by atoms with Crippen LogP contribution in [0, 0.1) is 0 Å². The summed E-state index contributed by atoms with van der Waals surface area (Å²) in [6, 6.07) is 11.0. The largest absolute Gasteiger partial charge is 0.465 e. The van der Waals surface area contributed by atoms with E-state index < -0.39 is 0 Å². The van der Waals surface area contributed by atoms with Crippen molar-refractivity contribution in [1.29, 1.82) is 0 Å². The first-order valence-corrected chi connectivity index (χ1v) is 8.16. The Morgan fingerprint density at radius 3 is 2.88 bits per heavy atom. The Balaban J connectivity index is 1.79. The Morgan fingerprint density at radius 1 is 1.27 bits per heavy atom. The van der Waals surface area contributed by atoms with E-state index in [1.54, 1.807) is 42.2 Å². The first-order valence-electron chi connectivity index (χ1n) is 8.16. The molecule has 0 saturated carbocycles. The molecule has 0 saturated heterocycles. The molecule has 7 nitrogen and oxygen atoms in total. The van der Waals surface area contributed by atoms with E-state index in [1.165, 1.54) is 6.20 Å². The van der Waals surface area contributed by atoms with Crippen molar-refractivity contribution in [2.24, 2.45) is 5.10 Å². The number of carbonyl (C=O) groups is 2. The Labute approximate surface area is 150 Å². The molecule has 1 aromatic carbocycles. The summed E-state index contributed by atoms with van der Waals surface area (Å²) in [7, 11) is 0. The van der Waals surface area contributed by atoms with Gasteiger partial charge in [-0.15, -0.1) is 0 Å². The number of para-hydroxylation sites is 1. The minimum atomic E-state index is -0.343. The number of hydrogen-bond donors (Lipinski definition) is 1. The molecule has 3 aromatic rings. The molecule has 26 heavy (non-hydrogen) atoms. The normalized spacial score (nSPS) is 11.0. The van der Waals surface area contributed by atoms with Crippen LogP contribution in [-0.2, 0) is 16.1 Å². The topological polar surface area (TPSA) is 85.6 Å². The Kier molecular flexibility index (Phi) is 5.38. The van der Waals surface area contributed by atoms with E-state index in [0.717, 1.165) is 16.5 Å². The molecule has 0 atom stereocenters. The number of pyridine rings is 1. The second-order valence-corrected chi connectivity index (χ2v) is 5.48. The van der Waals surface area contributed by atoms with E-state index in [1.807, 2.05) is 24.3 Å². The number of carbonyl (C=O) groups excluding carboxylic acids is 2. The van der Waals surface area contributed by atoms with Crippen molar-refractivity contribution in [2.45, 2.75) is 13.5 Å². The third-order valence-electron chi connectivity index (χ3n) is 3.72. The van der Waals surface area contributed by atoms with Gasteiger partial charge < -0.3 is 9.30 Å². The van der Waals surface area contributed by atoms with Gasteiger partial charge in [0.25, 0.3) is 5.91 Å². The van der Waals surface area contributed by atoms with Gasteiger partial charge in [0.15, 0.2) is 0 Å². The maximum absolute atomic E-state index is 12.0. The SMILES string of the molecule is CCOC(=O)Cn1cc(/C=N\NC(=O)c2cccnc2)c2ccccc21. The summed E-state index contributed by atoms with van der Waals surface area (Å²) in [5, 5.41) is 4.94. The van der Waals surface area contributed by atoms with E-state index in [-0.39, 0.29) is 18.4 Å². The fourth-order valence-corrected chi connectivity index (χ4v) is 2.58. The number of esters is 1. The van der Waals surface area contributed by atoms with Crippen LogP contribution in [0.25, 0.3) is 10.9 Å². The lowest BCUT2D eigenvalue weighted by atomic mass is 10.2. The summed E-state index contributed by atoms with van der Waals surface area (Å²) in [6.45, 7) is 2.23.